The van der Waals surface area contributed by atoms with Crippen molar-refractivity contribution in [1.82, 2.24) is 5.32 Å². The average Bonchev–Trinajstić information content (AvgIpc) is 2.35. The van der Waals surface area contributed by atoms with E-state index in [9.17, 15) is 9.50 Å². The van der Waals surface area contributed by atoms with Gasteiger partial charge in [0, 0.05) is 11.6 Å². The highest BCUT2D eigenvalue weighted by Gasteiger charge is 2.26. The summed E-state index contributed by atoms with van der Waals surface area (Å²) in [5.74, 6) is -0.0928. The van der Waals surface area contributed by atoms with Crippen LogP contribution in [0.5, 0.6) is 11.5 Å². The molecule has 94 valence electrons. The molecule has 1 aliphatic rings. The Hall–Kier alpha value is -0.810. The fourth-order valence-electron chi connectivity index (χ4n) is 2.25. The first-order valence-electron chi connectivity index (χ1n) is 5.60. The van der Waals surface area contributed by atoms with E-state index in [1.807, 2.05) is 0 Å². The van der Waals surface area contributed by atoms with E-state index in [2.05, 4.69) is 21.2 Å². The number of hydrogen-bond acceptors (Lipinski definition) is 3. The first-order chi connectivity index (χ1) is 8.15. The second-order valence-corrected chi connectivity index (χ2v) is 5.02. The molecule has 2 N–H and O–H groups in total. The molecular formula is C12H15BrFNO2. The van der Waals surface area contributed by atoms with Crippen LogP contribution < -0.4 is 10.1 Å². The van der Waals surface area contributed by atoms with Crippen LogP contribution in [0.25, 0.3) is 0 Å². The van der Waals surface area contributed by atoms with E-state index in [-0.39, 0.29) is 17.5 Å². The number of piperidine rings is 1. The summed E-state index contributed by atoms with van der Waals surface area (Å²) in [5.41, 5.74) is 0.373. The number of halogens is 2. The molecule has 3 nitrogen and oxygen atoms in total. The summed E-state index contributed by atoms with van der Waals surface area (Å²) >= 11 is 3.16. The second-order valence-electron chi connectivity index (χ2n) is 4.16. The maximum absolute atomic E-state index is 14.1. The Kier molecular flexibility index (Phi) is 3.89. The molecule has 0 amide bonds. The van der Waals surface area contributed by atoms with Crippen molar-refractivity contribution in [2.75, 3.05) is 20.2 Å². The maximum atomic E-state index is 14.1. The SMILES string of the molecule is COc1cc(Br)c(F)c(C2CCNCC2)c1O. The van der Waals surface area contributed by atoms with Crippen molar-refractivity contribution in [3.05, 3.63) is 21.9 Å². The van der Waals surface area contributed by atoms with E-state index >= 15 is 0 Å². The Labute approximate surface area is 108 Å². The minimum atomic E-state index is -0.379. The van der Waals surface area contributed by atoms with Gasteiger partial charge < -0.3 is 15.2 Å². The van der Waals surface area contributed by atoms with Crippen molar-refractivity contribution in [3.63, 3.8) is 0 Å². The maximum Gasteiger partial charge on any atom is 0.164 e. The molecule has 0 radical (unpaired) electrons. The van der Waals surface area contributed by atoms with E-state index in [0.29, 0.717) is 15.8 Å². The van der Waals surface area contributed by atoms with Crippen LogP contribution in [0.2, 0.25) is 0 Å². The van der Waals surface area contributed by atoms with Gasteiger partial charge in [0.1, 0.15) is 5.82 Å². The van der Waals surface area contributed by atoms with Gasteiger partial charge in [-0.25, -0.2) is 4.39 Å². The monoisotopic (exact) mass is 303 g/mol. The molecule has 1 aromatic rings. The minimum Gasteiger partial charge on any atom is -0.504 e. The number of rotatable bonds is 2. The average molecular weight is 304 g/mol. The molecule has 1 heterocycles. The predicted octanol–water partition coefficient (Wildman–Crippen LogP) is 2.77. The van der Waals surface area contributed by atoms with E-state index < -0.39 is 0 Å². The summed E-state index contributed by atoms with van der Waals surface area (Å²) in [6.07, 6.45) is 1.65. The molecule has 0 saturated carbocycles. The number of phenolic OH excluding ortho intramolecular Hbond substituents is 1. The molecule has 0 aromatic heterocycles. The van der Waals surface area contributed by atoms with Crippen LogP contribution >= 0.6 is 15.9 Å². The van der Waals surface area contributed by atoms with Gasteiger partial charge >= 0.3 is 0 Å². The molecule has 0 unspecified atom stereocenters. The summed E-state index contributed by atoms with van der Waals surface area (Å²) in [5, 5.41) is 13.3. The molecule has 1 fully saturated rings. The zero-order chi connectivity index (χ0) is 12.4. The van der Waals surface area contributed by atoms with E-state index in [1.54, 1.807) is 0 Å². The van der Waals surface area contributed by atoms with Gasteiger partial charge in [-0.05, 0) is 47.8 Å². The van der Waals surface area contributed by atoms with Gasteiger partial charge in [0.05, 0.1) is 11.6 Å². The lowest BCUT2D eigenvalue weighted by atomic mass is 9.89. The topological polar surface area (TPSA) is 41.5 Å². The Morgan fingerprint density at radius 3 is 2.71 bits per heavy atom. The molecule has 17 heavy (non-hydrogen) atoms. The summed E-state index contributed by atoms with van der Waals surface area (Å²) < 4.78 is 19.5. The smallest absolute Gasteiger partial charge is 0.164 e. The Morgan fingerprint density at radius 2 is 2.12 bits per heavy atom. The third-order valence-corrected chi connectivity index (χ3v) is 3.74. The Morgan fingerprint density at radius 1 is 1.47 bits per heavy atom. The normalized spacial score (nSPS) is 17.1. The van der Waals surface area contributed by atoms with Crippen LogP contribution in [0, 0.1) is 5.82 Å². The number of benzene rings is 1. The van der Waals surface area contributed by atoms with E-state index in [0.717, 1.165) is 25.9 Å². The number of methoxy groups -OCH3 is 1. The number of aromatic hydroxyl groups is 1. The molecule has 0 aliphatic carbocycles. The standard InChI is InChI=1S/C12H15BrFNO2/c1-17-9-6-8(13)11(14)10(12(9)16)7-2-4-15-5-3-7/h6-7,15-16H,2-5H2,1H3. The second kappa shape index (κ2) is 5.23. The largest absolute Gasteiger partial charge is 0.504 e. The third-order valence-electron chi connectivity index (χ3n) is 3.16. The Balaban J connectivity index is 2.46. The minimum absolute atomic E-state index is 0.0441. The first-order valence-corrected chi connectivity index (χ1v) is 6.40. The lowest BCUT2D eigenvalue weighted by Crippen LogP contribution is -2.27. The molecule has 1 aromatic carbocycles. The molecule has 5 heteroatoms. The van der Waals surface area contributed by atoms with Crippen LogP contribution in [0.4, 0.5) is 4.39 Å². The molecular weight excluding hydrogens is 289 g/mol. The molecule has 1 aliphatic heterocycles. The molecule has 1 saturated heterocycles. The highest BCUT2D eigenvalue weighted by molar-refractivity contribution is 9.10. The van der Waals surface area contributed by atoms with Gasteiger partial charge in [0.2, 0.25) is 0 Å². The molecule has 0 bridgehead atoms. The Bertz CT molecular complexity index is 419. The lowest BCUT2D eigenvalue weighted by molar-refractivity contribution is 0.355. The summed E-state index contributed by atoms with van der Waals surface area (Å²) in [4.78, 5) is 0. The number of ether oxygens (including phenoxy) is 1. The van der Waals surface area contributed by atoms with Crippen molar-refractivity contribution in [3.8, 4) is 11.5 Å². The number of hydrogen-bond donors (Lipinski definition) is 2. The molecule has 0 atom stereocenters. The van der Waals surface area contributed by atoms with Crippen molar-refractivity contribution < 1.29 is 14.2 Å². The highest BCUT2D eigenvalue weighted by atomic mass is 79.9. The lowest BCUT2D eigenvalue weighted by Gasteiger charge is -2.25. The van der Waals surface area contributed by atoms with Gasteiger partial charge in [0.25, 0.3) is 0 Å². The van der Waals surface area contributed by atoms with Crippen LogP contribution in [-0.4, -0.2) is 25.3 Å². The van der Waals surface area contributed by atoms with E-state index in [4.69, 9.17) is 4.74 Å². The van der Waals surface area contributed by atoms with Gasteiger partial charge in [-0.3, -0.25) is 0 Å². The third kappa shape index (κ3) is 2.40. The van der Waals surface area contributed by atoms with Crippen molar-refractivity contribution in [2.45, 2.75) is 18.8 Å². The van der Waals surface area contributed by atoms with Gasteiger partial charge in [-0.1, -0.05) is 0 Å². The predicted molar refractivity (Wildman–Crippen MR) is 67.2 cm³/mol. The van der Waals surface area contributed by atoms with Crippen molar-refractivity contribution >= 4 is 15.9 Å². The fraction of sp³-hybridized carbons (Fsp3) is 0.500. The van der Waals surface area contributed by atoms with Crippen molar-refractivity contribution in [2.24, 2.45) is 0 Å². The van der Waals surface area contributed by atoms with Crippen molar-refractivity contribution in [1.29, 1.82) is 0 Å². The zero-order valence-corrected chi connectivity index (χ0v) is 11.2. The summed E-state index contributed by atoms with van der Waals surface area (Å²) in [6.45, 7) is 1.69. The molecule has 0 spiro atoms. The van der Waals surface area contributed by atoms with Gasteiger partial charge in [-0.2, -0.15) is 0 Å². The number of nitrogens with one attached hydrogen (secondary N) is 1. The fourth-order valence-corrected chi connectivity index (χ4v) is 2.67. The van der Waals surface area contributed by atoms with Crippen LogP contribution in [0.1, 0.15) is 24.3 Å². The van der Waals surface area contributed by atoms with Crippen LogP contribution in [0.3, 0.4) is 0 Å². The highest BCUT2D eigenvalue weighted by Crippen LogP contribution is 2.42. The van der Waals surface area contributed by atoms with Gasteiger partial charge in [-0.15, -0.1) is 0 Å². The van der Waals surface area contributed by atoms with Crippen LogP contribution in [-0.2, 0) is 0 Å². The summed E-state index contributed by atoms with van der Waals surface area (Å²) in [7, 11) is 1.46. The zero-order valence-electron chi connectivity index (χ0n) is 9.59. The van der Waals surface area contributed by atoms with E-state index in [1.165, 1.54) is 13.2 Å². The van der Waals surface area contributed by atoms with Gasteiger partial charge in [0.15, 0.2) is 11.5 Å². The molecule has 2 rings (SSSR count). The van der Waals surface area contributed by atoms with Crippen LogP contribution in [0.15, 0.2) is 10.5 Å². The number of phenols is 1. The first kappa shape index (κ1) is 12.6. The quantitative estimate of drug-likeness (QED) is 0.883. The summed E-state index contributed by atoms with van der Waals surface area (Å²) in [6, 6.07) is 1.45.